The molecule has 1 aromatic carbocycles. The highest BCUT2D eigenvalue weighted by Gasteiger charge is 2.44. The highest BCUT2D eigenvalue weighted by atomic mass is 32.2. The molecule has 0 spiro atoms. The van der Waals surface area contributed by atoms with Crippen molar-refractivity contribution in [2.45, 2.75) is 92.7 Å². The minimum atomic E-state index is -0.307. The minimum absolute atomic E-state index is 0.0558. The number of anilines is 2. The Labute approximate surface area is 220 Å². The largest absolute Gasteiger partial charge is 0.474 e. The summed E-state index contributed by atoms with van der Waals surface area (Å²) in [5.41, 5.74) is 1.08. The van der Waals surface area contributed by atoms with E-state index in [1.807, 2.05) is 17.9 Å². The molecule has 2 saturated heterocycles. The van der Waals surface area contributed by atoms with E-state index in [0.29, 0.717) is 54.3 Å². The predicted octanol–water partition coefficient (Wildman–Crippen LogP) is 5.61. The highest BCUT2D eigenvalue weighted by Crippen LogP contribution is 2.38. The van der Waals surface area contributed by atoms with Gasteiger partial charge in [-0.2, -0.15) is 0 Å². The molecule has 37 heavy (non-hydrogen) atoms. The van der Waals surface area contributed by atoms with Crippen molar-refractivity contribution in [3.05, 3.63) is 35.9 Å². The number of fused-ring (bicyclic) bond motifs is 2. The maximum absolute atomic E-state index is 14.8. The zero-order valence-corrected chi connectivity index (χ0v) is 21.8. The van der Waals surface area contributed by atoms with Crippen molar-refractivity contribution in [3.8, 4) is 5.88 Å². The second-order valence-electron chi connectivity index (χ2n) is 10.5. The number of benzene rings is 1. The standard InChI is InChI=1S/C27H33FN4O4S/c1-16-25(31-24-9-8-22(12-23(24)28)37-21-6-3-7-21)29-15-30-26(16)35-20-10-17-13-34-14-18(11-20)32(17)27(33)36-19-4-2-5-19/h8-9,12,15,17-21H,2-7,10-11,13-14H2,1H3,(H,29,30,31). The number of rotatable bonds is 7. The third-order valence-electron chi connectivity index (χ3n) is 7.87. The molecular weight excluding hydrogens is 495 g/mol. The van der Waals surface area contributed by atoms with Crippen molar-refractivity contribution < 1.29 is 23.4 Å². The molecule has 2 bridgehead atoms. The molecule has 1 amide bonds. The number of amides is 1. The molecule has 1 N–H and O–H groups in total. The molecule has 2 aliphatic heterocycles. The summed E-state index contributed by atoms with van der Waals surface area (Å²) < 4.78 is 32.6. The second-order valence-corrected chi connectivity index (χ2v) is 11.9. The Morgan fingerprint density at radius 1 is 1.11 bits per heavy atom. The van der Waals surface area contributed by atoms with Crippen LogP contribution in [0.15, 0.2) is 29.4 Å². The third-order valence-corrected chi connectivity index (χ3v) is 9.20. The number of morpholine rings is 1. The molecule has 4 aliphatic rings. The number of hydrogen-bond acceptors (Lipinski definition) is 8. The summed E-state index contributed by atoms with van der Waals surface area (Å²) >= 11 is 1.75. The first-order valence-electron chi connectivity index (χ1n) is 13.3. The van der Waals surface area contributed by atoms with Gasteiger partial charge in [0.1, 0.15) is 30.2 Å². The molecule has 8 nitrogen and oxygen atoms in total. The molecule has 0 radical (unpaired) electrons. The van der Waals surface area contributed by atoms with Crippen LogP contribution in [-0.4, -0.2) is 63.7 Å². The zero-order valence-electron chi connectivity index (χ0n) is 21.0. The quantitative estimate of drug-likeness (QED) is 0.496. The minimum Gasteiger partial charge on any atom is -0.474 e. The van der Waals surface area contributed by atoms with Gasteiger partial charge in [-0.25, -0.2) is 19.2 Å². The van der Waals surface area contributed by atoms with Crippen molar-refractivity contribution >= 4 is 29.4 Å². The summed E-state index contributed by atoms with van der Waals surface area (Å²) in [4.78, 5) is 24.3. The van der Waals surface area contributed by atoms with Crippen LogP contribution in [0.25, 0.3) is 0 Å². The number of halogens is 1. The van der Waals surface area contributed by atoms with Gasteiger partial charge >= 0.3 is 6.09 Å². The Kier molecular flexibility index (Phi) is 7.12. The van der Waals surface area contributed by atoms with E-state index in [9.17, 15) is 9.18 Å². The summed E-state index contributed by atoms with van der Waals surface area (Å²) in [5, 5.41) is 3.72. The van der Waals surface area contributed by atoms with Gasteiger partial charge in [-0.05, 0) is 57.2 Å². The normalized spacial score (nSPS) is 25.7. The van der Waals surface area contributed by atoms with Gasteiger partial charge < -0.3 is 19.5 Å². The number of piperidine rings is 1. The maximum atomic E-state index is 14.8. The van der Waals surface area contributed by atoms with Crippen LogP contribution in [0.5, 0.6) is 5.88 Å². The van der Waals surface area contributed by atoms with E-state index in [4.69, 9.17) is 14.2 Å². The van der Waals surface area contributed by atoms with Crippen LogP contribution >= 0.6 is 11.8 Å². The van der Waals surface area contributed by atoms with Gasteiger partial charge in [-0.15, -0.1) is 11.8 Å². The first kappa shape index (κ1) is 24.7. The summed E-state index contributed by atoms with van der Waals surface area (Å²) in [7, 11) is 0. The van der Waals surface area contributed by atoms with Crippen molar-refractivity contribution in [3.63, 3.8) is 0 Å². The number of carbonyl (C=O) groups is 1. The van der Waals surface area contributed by atoms with Gasteiger partial charge in [0.15, 0.2) is 0 Å². The molecule has 2 unspecified atom stereocenters. The topological polar surface area (TPSA) is 85.8 Å². The lowest BCUT2D eigenvalue weighted by Gasteiger charge is -2.47. The van der Waals surface area contributed by atoms with Crippen molar-refractivity contribution in [1.82, 2.24) is 14.9 Å². The van der Waals surface area contributed by atoms with Crippen LogP contribution in [0, 0.1) is 12.7 Å². The van der Waals surface area contributed by atoms with Crippen LogP contribution in [0.3, 0.4) is 0 Å². The molecule has 2 aliphatic carbocycles. The fraction of sp³-hybridized carbons (Fsp3) is 0.593. The lowest BCUT2D eigenvalue weighted by Crippen LogP contribution is -2.61. The van der Waals surface area contributed by atoms with Crippen molar-refractivity contribution in [1.29, 1.82) is 0 Å². The molecule has 6 rings (SSSR count). The van der Waals surface area contributed by atoms with E-state index < -0.39 is 0 Å². The number of carbonyl (C=O) groups excluding carboxylic acids is 1. The molecule has 2 atom stereocenters. The van der Waals surface area contributed by atoms with E-state index in [1.165, 1.54) is 25.6 Å². The molecule has 3 heterocycles. The van der Waals surface area contributed by atoms with E-state index in [2.05, 4.69) is 15.3 Å². The monoisotopic (exact) mass is 528 g/mol. The highest BCUT2D eigenvalue weighted by molar-refractivity contribution is 8.00. The van der Waals surface area contributed by atoms with E-state index in [0.717, 1.165) is 24.2 Å². The number of hydrogen-bond donors (Lipinski definition) is 1. The summed E-state index contributed by atoms with van der Waals surface area (Å²) in [6.07, 6.45) is 9.10. The van der Waals surface area contributed by atoms with E-state index in [1.54, 1.807) is 23.9 Å². The number of aromatic nitrogens is 2. The molecule has 1 aromatic heterocycles. The van der Waals surface area contributed by atoms with E-state index >= 15 is 0 Å². The zero-order chi connectivity index (χ0) is 25.4. The molecule has 2 saturated carbocycles. The molecular formula is C27H33FN4O4S. The van der Waals surface area contributed by atoms with Crippen LogP contribution in [0.1, 0.15) is 56.9 Å². The molecule has 10 heteroatoms. The fourth-order valence-corrected chi connectivity index (χ4v) is 6.54. The SMILES string of the molecule is Cc1c(Nc2ccc(SC3CCC3)cc2F)ncnc1OC1CC2COCC(C1)N2C(=O)OC1CCC1. The fourth-order valence-electron chi connectivity index (χ4n) is 5.27. The van der Waals surface area contributed by atoms with Gasteiger partial charge in [0.2, 0.25) is 5.88 Å². The number of ether oxygens (including phenoxy) is 3. The lowest BCUT2D eigenvalue weighted by molar-refractivity contribution is -0.0984. The van der Waals surface area contributed by atoms with Crippen LogP contribution in [0.4, 0.5) is 20.7 Å². The van der Waals surface area contributed by atoms with Gasteiger partial charge in [0, 0.05) is 23.0 Å². The summed E-state index contributed by atoms with van der Waals surface area (Å²) in [6, 6.07) is 5.12. The summed E-state index contributed by atoms with van der Waals surface area (Å²) in [6.45, 7) is 2.81. The van der Waals surface area contributed by atoms with Crippen LogP contribution < -0.4 is 10.1 Å². The molecule has 198 valence electrons. The van der Waals surface area contributed by atoms with Gasteiger partial charge in [-0.1, -0.05) is 6.42 Å². The van der Waals surface area contributed by atoms with E-state index in [-0.39, 0.29) is 36.2 Å². The van der Waals surface area contributed by atoms with Gasteiger partial charge in [0.05, 0.1) is 36.5 Å². The van der Waals surface area contributed by atoms with Gasteiger partial charge in [-0.3, -0.25) is 4.90 Å². The molecule has 4 fully saturated rings. The summed E-state index contributed by atoms with van der Waals surface area (Å²) in [5.74, 6) is 0.664. The first-order chi connectivity index (χ1) is 18.0. The smallest absolute Gasteiger partial charge is 0.410 e. The number of nitrogens with one attached hydrogen (secondary N) is 1. The molecule has 2 aromatic rings. The Balaban J connectivity index is 1.11. The number of thioether (sulfide) groups is 1. The average molecular weight is 529 g/mol. The van der Waals surface area contributed by atoms with Crippen LogP contribution in [0.2, 0.25) is 0 Å². The Bertz CT molecular complexity index is 1130. The third kappa shape index (κ3) is 5.36. The first-order valence-corrected chi connectivity index (χ1v) is 14.2. The Morgan fingerprint density at radius 3 is 2.51 bits per heavy atom. The van der Waals surface area contributed by atoms with Crippen molar-refractivity contribution in [2.75, 3.05) is 18.5 Å². The van der Waals surface area contributed by atoms with Crippen molar-refractivity contribution in [2.24, 2.45) is 0 Å². The predicted molar refractivity (Wildman–Crippen MR) is 138 cm³/mol. The maximum Gasteiger partial charge on any atom is 0.410 e. The second kappa shape index (κ2) is 10.6. The average Bonchev–Trinajstić information content (AvgIpc) is 2.82. The van der Waals surface area contributed by atoms with Gasteiger partial charge in [0.25, 0.3) is 0 Å². The number of nitrogens with zero attached hydrogens (tertiary/aromatic N) is 3. The van der Waals surface area contributed by atoms with Crippen LogP contribution in [-0.2, 0) is 9.47 Å². The Morgan fingerprint density at radius 2 is 1.86 bits per heavy atom. The Hall–Kier alpha value is -2.59. The lowest BCUT2D eigenvalue weighted by atomic mass is 9.92.